The van der Waals surface area contributed by atoms with E-state index in [0.29, 0.717) is 5.56 Å². The molecule has 0 radical (unpaired) electrons. The van der Waals surface area contributed by atoms with Crippen molar-refractivity contribution in [2.45, 2.75) is 19.5 Å². The number of Topliss-reactive ketones (excluding diaryl/α,β-unsaturated/α-hetero) is 2. The predicted octanol–water partition coefficient (Wildman–Crippen LogP) is 2.35. The average molecular weight is 230 g/mol. The Balaban J connectivity index is 2.95. The lowest BCUT2D eigenvalue weighted by Gasteiger charge is -2.07. The molecule has 0 aliphatic heterocycles. The number of alkyl halides is 3. The average Bonchev–Trinajstić information content (AvgIpc) is 2.26. The molecule has 16 heavy (non-hydrogen) atoms. The summed E-state index contributed by atoms with van der Waals surface area (Å²) in [6.07, 6.45) is -6.26. The summed E-state index contributed by atoms with van der Waals surface area (Å²) in [6, 6.07) is 5.92. The molecule has 1 unspecified atom stereocenters. The Kier molecular flexibility index (Phi) is 3.82. The van der Waals surface area contributed by atoms with Crippen LogP contribution in [-0.4, -0.2) is 24.2 Å². The summed E-state index contributed by atoms with van der Waals surface area (Å²) in [4.78, 5) is 22.0. The van der Waals surface area contributed by atoms with Crippen LogP contribution in [0.3, 0.4) is 0 Å². The Hall–Kier alpha value is -1.65. The van der Waals surface area contributed by atoms with Gasteiger partial charge in [-0.25, -0.2) is 13.2 Å². The summed E-state index contributed by atoms with van der Waals surface area (Å²) in [5.41, 5.74) is 0.390. The highest BCUT2D eigenvalue weighted by molar-refractivity contribution is 6.14. The Morgan fingerprint density at radius 3 is 2.19 bits per heavy atom. The van der Waals surface area contributed by atoms with Gasteiger partial charge in [-0.05, 0) is 12.5 Å². The number of rotatable bonds is 4. The minimum atomic E-state index is -3.47. The van der Waals surface area contributed by atoms with Crippen molar-refractivity contribution in [1.82, 2.24) is 0 Å². The molecule has 0 aromatic heterocycles. The van der Waals surface area contributed by atoms with Crippen molar-refractivity contribution in [2.75, 3.05) is 0 Å². The van der Waals surface area contributed by atoms with E-state index in [-0.39, 0.29) is 5.56 Å². The van der Waals surface area contributed by atoms with Gasteiger partial charge in [0.05, 0.1) is 0 Å². The zero-order valence-corrected chi connectivity index (χ0v) is 8.41. The predicted molar refractivity (Wildman–Crippen MR) is 51.4 cm³/mol. The van der Waals surface area contributed by atoms with Gasteiger partial charge in [0.15, 0.2) is 0 Å². The molecule has 0 spiro atoms. The molecule has 0 saturated heterocycles. The molecule has 2 nitrogen and oxygen atoms in total. The highest BCUT2D eigenvalue weighted by Gasteiger charge is 2.33. The van der Waals surface area contributed by atoms with Crippen molar-refractivity contribution in [3.8, 4) is 0 Å². The molecule has 5 heteroatoms. The fraction of sp³-hybridized carbons (Fsp3) is 0.273. The lowest BCUT2D eigenvalue weighted by molar-refractivity contribution is -0.132. The number of hydrogen-bond acceptors (Lipinski definition) is 2. The molecule has 0 aliphatic carbocycles. The third kappa shape index (κ3) is 2.48. The lowest BCUT2D eigenvalue weighted by Crippen LogP contribution is -2.31. The first-order valence-corrected chi connectivity index (χ1v) is 4.51. The van der Waals surface area contributed by atoms with Crippen molar-refractivity contribution in [3.05, 3.63) is 35.4 Å². The molecular formula is C11H9F3O2. The van der Waals surface area contributed by atoms with Crippen molar-refractivity contribution in [2.24, 2.45) is 0 Å². The Morgan fingerprint density at radius 1 is 1.12 bits per heavy atom. The van der Waals surface area contributed by atoms with Crippen LogP contribution in [0.2, 0.25) is 0 Å². The van der Waals surface area contributed by atoms with Crippen LogP contribution >= 0.6 is 0 Å². The van der Waals surface area contributed by atoms with Gasteiger partial charge in [-0.1, -0.05) is 24.3 Å². The molecule has 1 aromatic rings. The normalized spacial score (nSPS) is 12.6. The minimum absolute atomic E-state index is 0.0519. The van der Waals surface area contributed by atoms with Crippen molar-refractivity contribution in [1.29, 1.82) is 0 Å². The van der Waals surface area contributed by atoms with Crippen LogP contribution < -0.4 is 0 Å². The SMILES string of the molecule is Cc1ccccc1C(=O)C(F)C(=O)C(F)F. The lowest BCUT2D eigenvalue weighted by atomic mass is 10.00. The third-order valence-corrected chi connectivity index (χ3v) is 2.11. The fourth-order valence-corrected chi connectivity index (χ4v) is 1.23. The Bertz CT molecular complexity index is 415. The van der Waals surface area contributed by atoms with Crippen LogP contribution in [0, 0.1) is 6.92 Å². The molecule has 86 valence electrons. The van der Waals surface area contributed by atoms with E-state index in [9.17, 15) is 22.8 Å². The zero-order valence-electron chi connectivity index (χ0n) is 8.41. The third-order valence-electron chi connectivity index (χ3n) is 2.11. The van der Waals surface area contributed by atoms with E-state index in [1.807, 2.05) is 0 Å². The molecule has 0 fully saturated rings. The van der Waals surface area contributed by atoms with Crippen LogP contribution in [0.25, 0.3) is 0 Å². The highest BCUT2D eigenvalue weighted by atomic mass is 19.3. The van der Waals surface area contributed by atoms with Crippen LogP contribution in [0.4, 0.5) is 13.2 Å². The van der Waals surface area contributed by atoms with Gasteiger partial charge < -0.3 is 0 Å². The molecule has 0 N–H and O–H groups in total. The maximum atomic E-state index is 13.1. The van der Waals surface area contributed by atoms with E-state index in [1.54, 1.807) is 6.07 Å². The summed E-state index contributed by atoms with van der Waals surface area (Å²) >= 11 is 0. The number of carbonyl (C=O) groups excluding carboxylic acids is 2. The quantitative estimate of drug-likeness (QED) is 0.587. The first kappa shape index (κ1) is 12.4. The van der Waals surface area contributed by atoms with Gasteiger partial charge in [0.25, 0.3) is 6.43 Å². The first-order chi connectivity index (χ1) is 7.45. The second-order valence-electron chi connectivity index (χ2n) is 3.24. The van der Waals surface area contributed by atoms with Crippen molar-refractivity contribution < 1.29 is 22.8 Å². The highest BCUT2D eigenvalue weighted by Crippen LogP contribution is 2.14. The second kappa shape index (κ2) is 4.92. The van der Waals surface area contributed by atoms with E-state index in [2.05, 4.69) is 0 Å². The summed E-state index contributed by atoms with van der Waals surface area (Å²) in [5, 5.41) is 0. The van der Waals surface area contributed by atoms with Gasteiger partial charge >= 0.3 is 0 Å². The van der Waals surface area contributed by atoms with Gasteiger partial charge in [0, 0.05) is 5.56 Å². The van der Waals surface area contributed by atoms with Gasteiger partial charge in [-0.3, -0.25) is 9.59 Å². The minimum Gasteiger partial charge on any atom is -0.290 e. The number of halogens is 3. The van der Waals surface area contributed by atoms with E-state index in [4.69, 9.17) is 0 Å². The van der Waals surface area contributed by atoms with Gasteiger partial charge in [0.2, 0.25) is 17.7 Å². The van der Waals surface area contributed by atoms with Gasteiger partial charge in [-0.15, -0.1) is 0 Å². The molecule has 1 aromatic carbocycles. The van der Waals surface area contributed by atoms with Gasteiger partial charge in [-0.2, -0.15) is 0 Å². The number of ketones is 2. The van der Waals surface area contributed by atoms with Crippen LogP contribution in [0.1, 0.15) is 15.9 Å². The van der Waals surface area contributed by atoms with Crippen molar-refractivity contribution >= 4 is 11.6 Å². The molecule has 0 saturated carbocycles. The summed E-state index contributed by atoms with van der Waals surface area (Å²) in [5.74, 6) is -3.21. The molecule has 0 amide bonds. The Morgan fingerprint density at radius 2 is 1.69 bits per heavy atom. The van der Waals surface area contributed by atoms with E-state index < -0.39 is 24.2 Å². The van der Waals surface area contributed by atoms with Crippen molar-refractivity contribution in [3.63, 3.8) is 0 Å². The summed E-state index contributed by atoms with van der Waals surface area (Å²) in [7, 11) is 0. The first-order valence-electron chi connectivity index (χ1n) is 4.51. The molecule has 1 rings (SSSR count). The fourth-order valence-electron chi connectivity index (χ4n) is 1.23. The monoisotopic (exact) mass is 230 g/mol. The van der Waals surface area contributed by atoms with E-state index in [0.717, 1.165) is 0 Å². The Labute approximate surface area is 90.1 Å². The van der Waals surface area contributed by atoms with Crippen LogP contribution in [0.15, 0.2) is 24.3 Å². The maximum absolute atomic E-state index is 13.1. The standard InChI is InChI=1S/C11H9F3O2/c1-6-4-2-3-5-7(6)9(15)8(12)10(16)11(13)14/h2-5,8,11H,1H3. The van der Waals surface area contributed by atoms with Crippen LogP contribution in [-0.2, 0) is 4.79 Å². The molecule has 0 aliphatic rings. The zero-order chi connectivity index (χ0) is 12.3. The molecule has 1 atom stereocenters. The maximum Gasteiger partial charge on any atom is 0.299 e. The smallest absolute Gasteiger partial charge is 0.290 e. The van der Waals surface area contributed by atoms with E-state index >= 15 is 0 Å². The topological polar surface area (TPSA) is 34.1 Å². The molecule has 0 heterocycles. The number of aryl methyl sites for hydroxylation is 1. The number of hydrogen-bond donors (Lipinski definition) is 0. The summed E-state index contributed by atoms with van der Waals surface area (Å²) < 4.78 is 37.0. The molecule has 0 bridgehead atoms. The molecular weight excluding hydrogens is 221 g/mol. The van der Waals surface area contributed by atoms with E-state index in [1.165, 1.54) is 25.1 Å². The summed E-state index contributed by atoms with van der Waals surface area (Å²) in [6.45, 7) is 1.53. The second-order valence-corrected chi connectivity index (χ2v) is 3.24. The largest absolute Gasteiger partial charge is 0.299 e. The number of carbonyl (C=O) groups is 2. The van der Waals surface area contributed by atoms with Gasteiger partial charge in [0.1, 0.15) is 0 Å². The number of benzene rings is 1. The van der Waals surface area contributed by atoms with Crippen LogP contribution in [0.5, 0.6) is 0 Å².